The number of para-hydroxylation sites is 1. The van der Waals surface area contributed by atoms with Crippen LogP contribution in [0.5, 0.6) is 0 Å². The molecule has 6 heteroatoms. The Labute approximate surface area is 169 Å². The van der Waals surface area contributed by atoms with Crippen LogP contribution in [0.1, 0.15) is 11.6 Å². The maximum atomic E-state index is 14.2. The summed E-state index contributed by atoms with van der Waals surface area (Å²) in [5, 5.41) is 6.92. The molecule has 3 aromatic carbocycles. The fraction of sp³-hybridized carbons (Fsp3) is 0.0455. The molecule has 0 unspecified atom stereocenters. The summed E-state index contributed by atoms with van der Waals surface area (Å²) >= 11 is 3.40. The molecule has 4 aromatic rings. The molecule has 0 spiro atoms. The molecule has 1 heterocycles. The van der Waals surface area contributed by atoms with Crippen molar-refractivity contribution in [3.8, 4) is 0 Å². The summed E-state index contributed by atoms with van der Waals surface area (Å²) in [5.74, 6) is -0.690. The second-order valence-corrected chi connectivity index (χ2v) is 7.26. The molecule has 28 heavy (non-hydrogen) atoms. The molecule has 0 fully saturated rings. The number of hydrogen-bond donors (Lipinski definition) is 3. The minimum absolute atomic E-state index is 0.269. The summed E-state index contributed by atoms with van der Waals surface area (Å²) in [5.41, 5.74) is 2.62. The monoisotopic (exact) mass is 437 g/mol. The van der Waals surface area contributed by atoms with Crippen LogP contribution in [-0.2, 0) is 4.79 Å². The first-order chi connectivity index (χ1) is 13.6. The van der Waals surface area contributed by atoms with Gasteiger partial charge in [0.25, 0.3) is 5.91 Å². The first-order valence-electron chi connectivity index (χ1n) is 8.75. The number of aromatic amines is 1. The van der Waals surface area contributed by atoms with E-state index < -0.39 is 11.9 Å². The number of carbonyl (C=O) groups excluding carboxylic acids is 1. The normalized spacial score (nSPS) is 11.9. The summed E-state index contributed by atoms with van der Waals surface area (Å²) in [6, 6.07) is 20.5. The molecule has 1 aromatic heterocycles. The van der Waals surface area contributed by atoms with Crippen molar-refractivity contribution in [2.24, 2.45) is 0 Å². The lowest BCUT2D eigenvalue weighted by molar-refractivity contribution is -0.117. The predicted octanol–water partition coefficient (Wildman–Crippen LogP) is 5.86. The summed E-state index contributed by atoms with van der Waals surface area (Å²) < 4.78 is 15.1. The molecule has 1 atom stereocenters. The SMILES string of the molecule is O=C(Nc1cccc2[nH]ccc12)[C@H](Nc1ccccc1F)c1ccc(Br)cc1. The molecule has 0 saturated carbocycles. The third kappa shape index (κ3) is 3.77. The largest absolute Gasteiger partial charge is 0.368 e. The van der Waals surface area contributed by atoms with Gasteiger partial charge in [-0.3, -0.25) is 4.79 Å². The molecule has 4 nitrogen and oxygen atoms in total. The van der Waals surface area contributed by atoms with Crippen LogP contribution in [0.2, 0.25) is 0 Å². The highest BCUT2D eigenvalue weighted by molar-refractivity contribution is 9.10. The molecule has 0 radical (unpaired) electrons. The number of benzene rings is 3. The van der Waals surface area contributed by atoms with Gasteiger partial charge in [-0.25, -0.2) is 4.39 Å². The standard InChI is InChI=1S/C22H17BrFN3O/c23-15-10-8-14(9-11-15)21(26-20-5-2-1-4-17(20)24)22(28)27-19-7-3-6-18-16(19)12-13-25-18/h1-13,21,25-26H,(H,27,28)/t21-/m1/s1. The Bertz CT molecular complexity index is 1120. The van der Waals surface area contributed by atoms with E-state index in [0.717, 1.165) is 20.9 Å². The summed E-state index contributed by atoms with van der Waals surface area (Å²) in [7, 11) is 0. The van der Waals surface area contributed by atoms with Crippen molar-refractivity contribution < 1.29 is 9.18 Å². The minimum atomic E-state index is -0.765. The smallest absolute Gasteiger partial charge is 0.251 e. The van der Waals surface area contributed by atoms with E-state index in [1.165, 1.54) is 6.07 Å². The third-order valence-corrected chi connectivity index (χ3v) is 5.02. The van der Waals surface area contributed by atoms with E-state index in [9.17, 15) is 9.18 Å². The number of halogens is 2. The number of rotatable bonds is 5. The van der Waals surface area contributed by atoms with Crippen LogP contribution in [0.15, 0.2) is 83.5 Å². The van der Waals surface area contributed by atoms with Crippen LogP contribution >= 0.6 is 15.9 Å². The van der Waals surface area contributed by atoms with Gasteiger partial charge in [-0.05, 0) is 48.0 Å². The quantitative estimate of drug-likeness (QED) is 0.366. The van der Waals surface area contributed by atoms with Gasteiger partial charge in [0.05, 0.1) is 11.4 Å². The summed E-state index contributed by atoms with van der Waals surface area (Å²) in [4.78, 5) is 16.3. The molecular weight excluding hydrogens is 421 g/mol. The molecule has 0 aliphatic carbocycles. The van der Waals surface area contributed by atoms with E-state index in [0.29, 0.717) is 5.69 Å². The summed E-state index contributed by atoms with van der Waals surface area (Å²) in [6.45, 7) is 0. The lowest BCUT2D eigenvalue weighted by atomic mass is 10.1. The van der Waals surface area contributed by atoms with Crippen LogP contribution in [0, 0.1) is 5.82 Å². The van der Waals surface area contributed by atoms with Gasteiger partial charge in [0.15, 0.2) is 0 Å². The van der Waals surface area contributed by atoms with Crippen molar-refractivity contribution in [3.63, 3.8) is 0 Å². The van der Waals surface area contributed by atoms with Crippen LogP contribution in [0.3, 0.4) is 0 Å². The zero-order valence-electron chi connectivity index (χ0n) is 14.7. The summed E-state index contributed by atoms with van der Waals surface area (Å²) in [6.07, 6.45) is 1.82. The molecule has 140 valence electrons. The van der Waals surface area contributed by atoms with Crippen molar-refractivity contribution in [2.75, 3.05) is 10.6 Å². The highest BCUT2D eigenvalue weighted by Gasteiger charge is 2.22. The van der Waals surface area contributed by atoms with Crippen molar-refractivity contribution in [3.05, 3.63) is 94.8 Å². The fourth-order valence-corrected chi connectivity index (χ4v) is 3.35. The molecule has 4 rings (SSSR count). The number of amides is 1. The van der Waals surface area contributed by atoms with E-state index in [-0.39, 0.29) is 11.6 Å². The number of nitrogens with one attached hydrogen (secondary N) is 3. The highest BCUT2D eigenvalue weighted by Crippen LogP contribution is 2.27. The Balaban J connectivity index is 1.68. The van der Waals surface area contributed by atoms with Crippen LogP contribution in [0.25, 0.3) is 10.9 Å². The average molecular weight is 438 g/mol. The van der Waals surface area contributed by atoms with Crippen molar-refractivity contribution in [1.29, 1.82) is 0 Å². The average Bonchev–Trinajstić information content (AvgIpc) is 3.18. The molecule has 0 aliphatic heterocycles. The van der Waals surface area contributed by atoms with Crippen LogP contribution in [0.4, 0.5) is 15.8 Å². The van der Waals surface area contributed by atoms with Crippen LogP contribution < -0.4 is 10.6 Å². The number of carbonyl (C=O) groups is 1. The third-order valence-electron chi connectivity index (χ3n) is 4.49. The number of fused-ring (bicyclic) bond motifs is 1. The maximum Gasteiger partial charge on any atom is 0.251 e. The van der Waals surface area contributed by atoms with Gasteiger partial charge >= 0.3 is 0 Å². The lowest BCUT2D eigenvalue weighted by Crippen LogP contribution is -2.27. The molecular formula is C22H17BrFN3O. The van der Waals surface area contributed by atoms with E-state index in [1.807, 2.05) is 54.7 Å². The molecule has 0 aliphatic rings. The van der Waals surface area contributed by atoms with Crippen molar-refractivity contribution in [2.45, 2.75) is 6.04 Å². The molecule has 3 N–H and O–H groups in total. The van der Waals surface area contributed by atoms with E-state index in [1.54, 1.807) is 18.2 Å². The van der Waals surface area contributed by atoms with E-state index >= 15 is 0 Å². The highest BCUT2D eigenvalue weighted by atomic mass is 79.9. The fourth-order valence-electron chi connectivity index (χ4n) is 3.09. The second kappa shape index (κ2) is 7.86. The second-order valence-electron chi connectivity index (χ2n) is 6.34. The van der Waals surface area contributed by atoms with Gasteiger partial charge in [0.2, 0.25) is 0 Å². The molecule has 1 amide bonds. The van der Waals surface area contributed by atoms with Gasteiger partial charge in [0, 0.05) is 21.6 Å². The van der Waals surface area contributed by atoms with Crippen molar-refractivity contribution in [1.82, 2.24) is 4.98 Å². The zero-order chi connectivity index (χ0) is 19.5. The molecule has 0 bridgehead atoms. The first-order valence-corrected chi connectivity index (χ1v) is 9.54. The number of anilines is 2. The van der Waals surface area contributed by atoms with E-state index in [4.69, 9.17) is 0 Å². The van der Waals surface area contributed by atoms with E-state index in [2.05, 4.69) is 31.5 Å². The van der Waals surface area contributed by atoms with Crippen molar-refractivity contribution >= 4 is 44.1 Å². The van der Waals surface area contributed by atoms with Gasteiger partial charge in [0.1, 0.15) is 11.9 Å². The van der Waals surface area contributed by atoms with Gasteiger partial charge in [-0.2, -0.15) is 0 Å². The zero-order valence-corrected chi connectivity index (χ0v) is 16.3. The maximum absolute atomic E-state index is 14.2. The Morgan fingerprint density at radius 2 is 1.68 bits per heavy atom. The Morgan fingerprint density at radius 3 is 2.46 bits per heavy atom. The number of H-pyrrole nitrogens is 1. The molecule has 0 saturated heterocycles. The Kier molecular flexibility index (Phi) is 5.12. The predicted molar refractivity (Wildman–Crippen MR) is 114 cm³/mol. The van der Waals surface area contributed by atoms with Gasteiger partial charge in [-0.15, -0.1) is 0 Å². The van der Waals surface area contributed by atoms with Crippen LogP contribution in [-0.4, -0.2) is 10.9 Å². The lowest BCUT2D eigenvalue weighted by Gasteiger charge is -2.21. The Morgan fingerprint density at radius 1 is 0.929 bits per heavy atom. The Hall–Kier alpha value is -3.12. The number of aromatic nitrogens is 1. The van der Waals surface area contributed by atoms with Gasteiger partial charge in [-0.1, -0.05) is 46.3 Å². The topological polar surface area (TPSA) is 56.9 Å². The number of hydrogen-bond acceptors (Lipinski definition) is 2. The van der Waals surface area contributed by atoms with Gasteiger partial charge < -0.3 is 15.6 Å². The minimum Gasteiger partial charge on any atom is -0.368 e. The first kappa shape index (κ1) is 18.3.